The lowest BCUT2D eigenvalue weighted by Gasteiger charge is -2.09. The number of aryl methyl sites for hydroxylation is 1. The molecule has 0 N–H and O–H groups in total. The molecule has 2 aromatic carbocycles. The first-order chi connectivity index (χ1) is 17.1. The minimum Gasteiger partial charge on any atom is -0.338 e. The second-order valence-electron chi connectivity index (χ2n) is 8.07. The van der Waals surface area contributed by atoms with E-state index in [1.54, 1.807) is 16.3 Å². The number of fused-ring (bicyclic) bond motifs is 1. The molecular formula is C26H24N4O2S3. The van der Waals surface area contributed by atoms with E-state index in [-0.39, 0.29) is 5.56 Å². The van der Waals surface area contributed by atoms with Gasteiger partial charge in [-0.25, -0.2) is 4.98 Å². The van der Waals surface area contributed by atoms with Gasteiger partial charge in [0, 0.05) is 21.9 Å². The summed E-state index contributed by atoms with van der Waals surface area (Å²) in [4.78, 5) is 25.0. The van der Waals surface area contributed by atoms with Gasteiger partial charge in [-0.05, 0) is 55.5 Å². The summed E-state index contributed by atoms with van der Waals surface area (Å²) in [5, 5.41) is 4.80. The predicted molar refractivity (Wildman–Crippen MR) is 145 cm³/mol. The van der Waals surface area contributed by atoms with Crippen molar-refractivity contribution in [3.05, 3.63) is 76.4 Å². The Bertz CT molecular complexity index is 1520. The van der Waals surface area contributed by atoms with Gasteiger partial charge < -0.3 is 4.52 Å². The SMILES string of the molecule is CCCn1c(SCc2nc(-c3ccc(SC)cc3)no2)nc2cc(-c3ccc(C)cc3)sc2c1=O. The molecule has 35 heavy (non-hydrogen) atoms. The normalized spacial score (nSPS) is 11.4. The van der Waals surface area contributed by atoms with E-state index in [9.17, 15) is 4.79 Å². The Kier molecular flexibility index (Phi) is 7.08. The highest BCUT2D eigenvalue weighted by Crippen LogP contribution is 2.33. The Morgan fingerprint density at radius 1 is 1.03 bits per heavy atom. The molecule has 0 aliphatic heterocycles. The average Bonchev–Trinajstić information content (AvgIpc) is 3.53. The molecule has 0 bridgehead atoms. The summed E-state index contributed by atoms with van der Waals surface area (Å²) in [6.07, 6.45) is 2.88. The van der Waals surface area contributed by atoms with Crippen LogP contribution in [0.3, 0.4) is 0 Å². The quantitative estimate of drug-likeness (QED) is 0.163. The van der Waals surface area contributed by atoms with Crippen LogP contribution in [0.1, 0.15) is 24.8 Å². The summed E-state index contributed by atoms with van der Waals surface area (Å²) in [6.45, 7) is 4.74. The molecule has 0 spiro atoms. The molecule has 0 amide bonds. The van der Waals surface area contributed by atoms with Gasteiger partial charge in [-0.3, -0.25) is 9.36 Å². The molecule has 0 aliphatic carbocycles. The predicted octanol–water partition coefficient (Wildman–Crippen LogP) is 6.91. The van der Waals surface area contributed by atoms with Gasteiger partial charge in [0.05, 0.1) is 11.3 Å². The van der Waals surface area contributed by atoms with E-state index in [1.165, 1.54) is 33.6 Å². The number of hydrogen-bond donors (Lipinski definition) is 0. The van der Waals surface area contributed by atoms with Crippen molar-refractivity contribution in [2.45, 2.75) is 42.6 Å². The Morgan fingerprint density at radius 3 is 2.49 bits per heavy atom. The molecule has 0 atom stereocenters. The van der Waals surface area contributed by atoms with Crippen LogP contribution >= 0.6 is 34.9 Å². The first-order valence-corrected chi connectivity index (χ1v) is 14.3. The van der Waals surface area contributed by atoms with E-state index in [0.717, 1.165) is 27.9 Å². The summed E-state index contributed by atoms with van der Waals surface area (Å²) in [5.41, 5.74) is 3.94. The smallest absolute Gasteiger partial charge is 0.272 e. The second kappa shape index (κ2) is 10.4. The number of hydrogen-bond acceptors (Lipinski definition) is 8. The molecule has 9 heteroatoms. The maximum atomic E-state index is 13.4. The van der Waals surface area contributed by atoms with Gasteiger partial charge in [-0.15, -0.1) is 23.1 Å². The molecule has 178 valence electrons. The fraction of sp³-hybridized carbons (Fsp3) is 0.231. The van der Waals surface area contributed by atoms with Crippen molar-refractivity contribution in [2.75, 3.05) is 6.26 Å². The van der Waals surface area contributed by atoms with Crippen LogP contribution in [0.4, 0.5) is 0 Å². The molecule has 3 heterocycles. The van der Waals surface area contributed by atoms with E-state index in [1.807, 2.05) is 36.6 Å². The van der Waals surface area contributed by atoms with E-state index in [4.69, 9.17) is 9.51 Å². The molecule has 0 saturated heterocycles. The maximum Gasteiger partial charge on any atom is 0.272 e. The van der Waals surface area contributed by atoms with E-state index >= 15 is 0 Å². The number of rotatable bonds is 8. The molecule has 0 unspecified atom stereocenters. The zero-order valence-corrected chi connectivity index (χ0v) is 22.1. The van der Waals surface area contributed by atoms with Gasteiger partial charge in [0.25, 0.3) is 5.56 Å². The minimum atomic E-state index is 0.00261. The Hall–Kier alpha value is -2.88. The van der Waals surface area contributed by atoms with Crippen LogP contribution in [0, 0.1) is 6.92 Å². The van der Waals surface area contributed by atoms with Crippen molar-refractivity contribution >= 4 is 45.1 Å². The van der Waals surface area contributed by atoms with Crippen molar-refractivity contribution in [1.29, 1.82) is 0 Å². The van der Waals surface area contributed by atoms with Crippen molar-refractivity contribution < 1.29 is 4.52 Å². The maximum absolute atomic E-state index is 13.4. The van der Waals surface area contributed by atoms with Crippen molar-refractivity contribution in [3.63, 3.8) is 0 Å². The zero-order valence-electron chi connectivity index (χ0n) is 19.6. The van der Waals surface area contributed by atoms with Crippen LogP contribution < -0.4 is 5.56 Å². The monoisotopic (exact) mass is 520 g/mol. The molecule has 0 saturated carbocycles. The van der Waals surface area contributed by atoms with Crippen LogP contribution in [0.15, 0.2) is 74.0 Å². The Balaban J connectivity index is 1.42. The number of benzene rings is 2. The standard InChI is InChI=1S/C26H24N4O2S3/c1-4-13-30-25(31)23-20(14-21(35-23)17-7-5-16(2)6-8-17)27-26(30)34-15-22-28-24(29-32-22)18-9-11-19(33-3)12-10-18/h5-12,14H,4,13,15H2,1-3H3. The number of nitrogens with zero attached hydrogens (tertiary/aromatic N) is 4. The molecule has 5 rings (SSSR count). The van der Waals surface area contributed by atoms with Crippen molar-refractivity contribution in [2.24, 2.45) is 0 Å². The molecule has 3 aromatic heterocycles. The average molecular weight is 521 g/mol. The van der Waals surface area contributed by atoms with Gasteiger partial charge >= 0.3 is 0 Å². The third-order valence-corrected chi connectivity index (χ3v) is 8.39. The van der Waals surface area contributed by atoms with Gasteiger partial charge in [-0.1, -0.05) is 53.7 Å². The number of thiophene rings is 1. The van der Waals surface area contributed by atoms with Crippen LogP contribution in [0.2, 0.25) is 0 Å². The van der Waals surface area contributed by atoms with Crippen LogP contribution in [0.25, 0.3) is 32.0 Å². The molecule has 6 nitrogen and oxygen atoms in total. The van der Waals surface area contributed by atoms with Gasteiger partial charge in [0.1, 0.15) is 4.70 Å². The lowest BCUT2D eigenvalue weighted by Crippen LogP contribution is -2.22. The van der Waals surface area contributed by atoms with Gasteiger partial charge in [0.15, 0.2) is 5.16 Å². The van der Waals surface area contributed by atoms with Gasteiger partial charge in [-0.2, -0.15) is 4.98 Å². The van der Waals surface area contributed by atoms with Crippen LogP contribution in [0.5, 0.6) is 0 Å². The van der Waals surface area contributed by atoms with Crippen LogP contribution in [-0.2, 0) is 12.3 Å². The first kappa shape index (κ1) is 23.8. The summed E-state index contributed by atoms with van der Waals surface area (Å²) < 4.78 is 7.94. The topological polar surface area (TPSA) is 73.8 Å². The lowest BCUT2D eigenvalue weighted by molar-refractivity contribution is 0.391. The number of thioether (sulfide) groups is 2. The largest absolute Gasteiger partial charge is 0.338 e. The highest BCUT2D eigenvalue weighted by molar-refractivity contribution is 7.98. The zero-order chi connectivity index (χ0) is 24.4. The Labute approximate surface area is 215 Å². The molecule has 0 fully saturated rings. The highest BCUT2D eigenvalue weighted by Gasteiger charge is 2.17. The fourth-order valence-electron chi connectivity index (χ4n) is 3.68. The lowest BCUT2D eigenvalue weighted by atomic mass is 10.1. The summed E-state index contributed by atoms with van der Waals surface area (Å²) >= 11 is 4.64. The Morgan fingerprint density at radius 2 is 1.77 bits per heavy atom. The highest BCUT2D eigenvalue weighted by atomic mass is 32.2. The summed E-state index contributed by atoms with van der Waals surface area (Å²) in [5.74, 6) is 1.50. The number of aromatic nitrogens is 4. The van der Waals surface area contributed by atoms with E-state index in [2.05, 4.69) is 48.3 Å². The molecular weight excluding hydrogens is 497 g/mol. The minimum absolute atomic E-state index is 0.00261. The third kappa shape index (κ3) is 5.07. The second-order valence-corrected chi connectivity index (χ2v) is 10.9. The fourth-order valence-corrected chi connectivity index (χ4v) is 6.00. The van der Waals surface area contributed by atoms with Gasteiger partial charge in [0.2, 0.25) is 11.7 Å². The summed E-state index contributed by atoms with van der Waals surface area (Å²) in [7, 11) is 0. The van der Waals surface area contributed by atoms with E-state index in [0.29, 0.717) is 33.9 Å². The van der Waals surface area contributed by atoms with Crippen LogP contribution in [-0.4, -0.2) is 25.9 Å². The molecule has 5 aromatic rings. The molecule has 0 aliphatic rings. The third-order valence-electron chi connectivity index (χ3n) is 5.52. The molecule has 0 radical (unpaired) electrons. The van der Waals surface area contributed by atoms with Crippen molar-refractivity contribution in [3.8, 4) is 21.8 Å². The van der Waals surface area contributed by atoms with Crippen molar-refractivity contribution in [1.82, 2.24) is 19.7 Å². The summed E-state index contributed by atoms with van der Waals surface area (Å²) in [6, 6.07) is 18.4. The first-order valence-electron chi connectivity index (χ1n) is 11.3. The van der Waals surface area contributed by atoms with E-state index < -0.39 is 0 Å².